The van der Waals surface area contributed by atoms with Gasteiger partial charge in [-0.3, -0.25) is 4.79 Å². The van der Waals surface area contributed by atoms with Crippen LogP contribution in [0.2, 0.25) is 0 Å². The van der Waals surface area contributed by atoms with Crippen molar-refractivity contribution in [3.63, 3.8) is 0 Å². The van der Waals surface area contributed by atoms with Crippen LogP contribution < -0.4 is 0 Å². The molecule has 0 aromatic heterocycles. The number of nitrogens with zero attached hydrogens (tertiary/aromatic N) is 2. The van der Waals surface area contributed by atoms with E-state index in [9.17, 15) is 23.1 Å². The first-order valence-corrected chi connectivity index (χ1v) is 11.5. The molecule has 0 spiro atoms. The van der Waals surface area contributed by atoms with Gasteiger partial charge in [0, 0.05) is 18.3 Å². The number of carboxylic acids is 1. The Kier molecular flexibility index (Phi) is 5.30. The normalized spacial score (nSPS) is 25.6. The van der Waals surface area contributed by atoms with E-state index in [-0.39, 0.29) is 23.1 Å². The van der Waals surface area contributed by atoms with Gasteiger partial charge in [-0.05, 0) is 42.2 Å². The van der Waals surface area contributed by atoms with Crippen LogP contribution in [-0.2, 0) is 19.6 Å². The Labute approximate surface area is 174 Å². The van der Waals surface area contributed by atoms with Crippen molar-refractivity contribution in [3.8, 4) is 0 Å². The van der Waals surface area contributed by atoms with Gasteiger partial charge in [0.1, 0.15) is 12.1 Å². The number of benzene rings is 2. The summed E-state index contributed by atoms with van der Waals surface area (Å²) >= 11 is 4.42. The highest BCUT2D eigenvalue weighted by Crippen LogP contribution is 2.32. The van der Waals surface area contributed by atoms with E-state index in [1.54, 1.807) is 18.2 Å². The topological polar surface area (TPSA) is 95.0 Å². The number of hydrogen-bond acceptors (Lipinski definition) is 5. The maximum absolute atomic E-state index is 13.4. The predicted octanol–water partition coefficient (Wildman–Crippen LogP) is 1.98. The summed E-state index contributed by atoms with van der Waals surface area (Å²) in [6.45, 7) is 0.438. The molecule has 2 aliphatic rings. The Bertz CT molecular complexity index is 1070. The lowest BCUT2D eigenvalue weighted by Gasteiger charge is -2.29. The second-order valence-electron chi connectivity index (χ2n) is 7.52. The van der Waals surface area contributed by atoms with Crippen LogP contribution in [0.5, 0.6) is 0 Å². The fourth-order valence-electron chi connectivity index (χ4n) is 4.22. The molecule has 2 fully saturated rings. The van der Waals surface area contributed by atoms with Gasteiger partial charge >= 0.3 is 5.97 Å². The average molecular weight is 435 g/mol. The van der Waals surface area contributed by atoms with Gasteiger partial charge in [0.2, 0.25) is 15.9 Å². The van der Waals surface area contributed by atoms with E-state index < -0.39 is 34.0 Å². The van der Waals surface area contributed by atoms with Crippen LogP contribution in [0.15, 0.2) is 47.4 Å². The molecule has 0 radical (unpaired) electrons. The minimum absolute atomic E-state index is 0.111. The molecule has 2 heterocycles. The monoisotopic (exact) mass is 434 g/mol. The first-order valence-electron chi connectivity index (χ1n) is 9.51. The number of carbonyl (C=O) groups is 2. The molecule has 3 atom stereocenters. The van der Waals surface area contributed by atoms with Crippen molar-refractivity contribution < 1.29 is 23.1 Å². The predicted molar refractivity (Wildman–Crippen MR) is 111 cm³/mol. The van der Waals surface area contributed by atoms with E-state index >= 15 is 0 Å². The summed E-state index contributed by atoms with van der Waals surface area (Å²) in [5, 5.41) is 10.8. The average Bonchev–Trinajstić information content (AvgIpc) is 3.34. The molecule has 9 heteroatoms. The van der Waals surface area contributed by atoms with Crippen molar-refractivity contribution in [2.24, 2.45) is 0 Å². The number of rotatable bonds is 4. The van der Waals surface area contributed by atoms with Crippen molar-refractivity contribution in [1.82, 2.24) is 9.21 Å². The Hall–Kier alpha value is -2.10. The molecule has 4 rings (SSSR count). The second-order valence-corrected chi connectivity index (χ2v) is 10.1. The zero-order valence-electron chi connectivity index (χ0n) is 15.6. The molecule has 154 valence electrons. The number of amides is 1. The van der Waals surface area contributed by atoms with Crippen molar-refractivity contribution in [2.45, 2.75) is 41.5 Å². The van der Waals surface area contributed by atoms with Crippen LogP contribution in [0.4, 0.5) is 0 Å². The summed E-state index contributed by atoms with van der Waals surface area (Å²) in [4.78, 5) is 26.0. The summed E-state index contributed by atoms with van der Waals surface area (Å²) in [7, 11) is -3.94. The first-order chi connectivity index (χ1) is 13.8. The Morgan fingerprint density at radius 3 is 2.52 bits per heavy atom. The van der Waals surface area contributed by atoms with Gasteiger partial charge in [0.05, 0.1) is 4.90 Å². The summed E-state index contributed by atoms with van der Waals surface area (Å²) in [6.07, 6.45) is 1.24. The third kappa shape index (κ3) is 3.62. The largest absolute Gasteiger partial charge is 0.480 e. The maximum Gasteiger partial charge on any atom is 0.326 e. The number of likely N-dealkylation sites (tertiary alicyclic amines) is 1. The molecule has 29 heavy (non-hydrogen) atoms. The number of thiol groups is 1. The highest BCUT2D eigenvalue weighted by molar-refractivity contribution is 7.89. The fourth-order valence-corrected chi connectivity index (χ4v) is 6.38. The highest BCUT2D eigenvalue weighted by atomic mass is 32.2. The van der Waals surface area contributed by atoms with E-state index in [0.29, 0.717) is 19.4 Å². The molecule has 2 aliphatic heterocycles. The molecule has 2 aromatic rings. The van der Waals surface area contributed by atoms with Crippen molar-refractivity contribution in [2.75, 3.05) is 13.1 Å². The van der Waals surface area contributed by atoms with Crippen LogP contribution in [0.25, 0.3) is 10.8 Å². The molecule has 0 unspecified atom stereocenters. The highest BCUT2D eigenvalue weighted by Gasteiger charge is 2.47. The van der Waals surface area contributed by atoms with Gasteiger partial charge in [-0.2, -0.15) is 16.9 Å². The van der Waals surface area contributed by atoms with Gasteiger partial charge < -0.3 is 10.0 Å². The molecular weight excluding hydrogens is 412 g/mol. The number of aliphatic carboxylic acids is 1. The van der Waals surface area contributed by atoms with Gasteiger partial charge in [0.15, 0.2) is 0 Å². The lowest BCUT2D eigenvalue weighted by molar-refractivity contribution is -0.149. The van der Waals surface area contributed by atoms with E-state index in [4.69, 9.17) is 0 Å². The van der Waals surface area contributed by atoms with Crippen LogP contribution >= 0.6 is 12.6 Å². The summed E-state index contributed by atoms with van der Waals surface area (Å²) < 4.78 is 27.9. The minimum atomic E-state index is -3.94. The molecule has 0 saturated carbocycles. The molecule has 7 nitrogen and oxygen atoms in total. The second kappa shape index (κ2) is 7.62. The number of fused-ring (bicyclic) bond motifs is 1. The Morgan fingerprint density at radius 1 is 1.07 bits per heavy atom. The first kappa shape index (κ1) is 20.2. The Morgan fingerprint density at radius 2 is 1.79 bits per heavy atom. The van der Waals surface area contributed by atoms with Crippen molar-refractivity contribution in [3.05, 3.63) is 42.5 Å². The van der Waals surface area contributed by atoms with Crippen LogP contribution in [0, 0.1) is 0 Å². The van der Waals surface area contributed by atoms with Crippen LogP contribution in [-0.4, -0.2) is 65.0 Å². The number of sulfonamides is 1. The molecule has 0 aliphatic carbocycles. The van der Waals surface area contributed by atoms with Crippen LogP contribution in [0.1, 0.15) is 19.3 Å². The number of carbonyl (C=O) groups excluding carboxylic acids is 1. The zero-order valence-corrected chi connectivity index (χ0v) is 17.4. The summed E-state index contributed by atoms with van der Waals surface area (Å²) in [5.74, 6) is -1.50. The van der Waals surface area contributed by atoms with Gasteiger partial charge in [0.25, 0.3) is 0 Å². The standard InChI is InChI=1S/C20H22N2O5S2/c23-19(21-9-3-6-17(21)20(24)25)18-11-15(28)12-22(18)29(26,27)16-8-7-13-4-1-2-5-14(13)10-16/h1-2,4-5,7-8,10,15,17-18,28H,3,6,9,11-12H2,(H,24,25)/t15-,17-,18-/m0/s1. The quantitative estimate of drug-likeness (QED) is 0.718. The SMILES string of the molecule is O=C(O)[C@@H]1CCCN1C(=O)[C@@H]1C[C@H](S)CN1S(=O)(=O)c1ccc2ccccc2c1. The van der Waals surface area contributed by atoms with E-state index in [1.165, 1.54) is 9.21 Å². The molecular formula is C20H22N2O5S2. The third-order valence-electron chi connectivity index (χ3n) is 5.67. The van der Waals surface area contributed by atoms with Crippen LogP contribution in [0.3, 0.4) is 0 Å². The van der Waals surface area contributed by atoms with Gasteiger partial charge in [-0.1, -0.05) is 30.3 Å². The van der Waals surface area contributed by atoms with E-state index in [0.717, 1.165) is 10.8 Å². The molecule has 2 aromatic carbocycles. The molecule has 1 N–H and O–H groups in total. The van der Waals surface area contributed by atoms with Gasteiger partial charge in [-0.15, -0.1) is 0 Å². The smallest absolute Gasteiger partial charge is 0.326 e. The van der Waals surface area contributed by atoms with E-state index in [1.807, 2.05) is 24.3 Å². The number of hydrogen-bond donors (Lipinski definition) is 2. The summed E-state index contributed by atoms with van der Waals surface area (Å²) in [6, 6.07) is 10.5. The van der Waals surface area contributed by atoms with E-state index in [2.05, 4.69) is 12.6 Å². The maximum atomic E-state index is 13.4. The third-order valence-corrected chi connectivity index (χ3v) is 7.91. The molecule has 0 bridgehead atoms. The summed E-state index contributed by atoms with van der Waals surface area (Å²) in [5.41, 5.74) is 0. The fraction of sp³-hybridized carbons (Fsp3) is 0.400. The Balaban J connectivity index is 1.67. The molecule has 1 amide bonds. The lowest BCUT2D eigenvalue weighted by Crippen LogP contribution is -2.50. The lowest BCUT2D eigenvalue weighted by atomic mass is 10.1. The number of carboxylic acid groups (broad SMARTS) is 1. The van der Waals surface area contributed by atoms with Gasteiger partial charge in [-0.25, -0.2) is 13.2 Å². The molecule has 2 saturated heterocycles. The van der Waals surface area contributed by atoms with Crippen molar-refractivity contribution in [1.29, 1.82) is 0 Å². The van der Waals surface area contributed by atoms with Crippen molar-refractivity contribution >= 4 is 45.3 Å². The zero-order chi connectivity index (χ0) is 20.8. The minimum Gasteiger partial charge on any atom is -0.480 e.